The van der Waals surface area contributed by atoms with Crippen LogP contribution in [0, 0.1) is 11.8 Å². The smallest absolute Gasteiger partial charge is 0.214 e. The normalized spacial score (nSPS) is 35.1. The quantitative estimate of drug-likeness (QED) is 0.797. The van der Waals surface area contributed by atoms with E-state index < -0.39 is 10.0 Å². The second kappa shape index (κ2) is 7.40. The molecule has 0 amide bonds. The van der Waals surface area contributed by atoms with Crippen molar-refractivity contribution in [2.45, 2.75) is 57.2 Å². The predicted octanol–water partition coefficient (Wildman–Crippen LogP) is 1.27. The van der Waals surface area contributed by atoms with E-state index in [1.807, 2.05) is 0 Å². The van der Waals surface area contributed by atoms with Gasteiger partial charge in [-0.3, -0.25) is 0 Å². The number of sulfonamides is 1. The summed E-state index contributed by atoms with van der Waals surface area (Å²) in [7, 11) is -1.73. The van der Waals surface area contributed by atoms with E-state index >= 15 is 0 Å². The van der Waals surface area contributed by atoms with Gasteiger partial charge in [0.05, 0.1) is 11.9 Å². The zero-order chi connectivity index (χ0) is 14.0. The third-order valence-electron chi connectivity index (χ3n) is 4.55. The molecule has 7 heteroatoms. The van der Waals surface area contributed by atoms with E-state index in [0.717, 1.165) is 25.7 Å². The Balaban J connectivity index is 0.00000200. The second-order valence-electron chi connectivity index (χ2n) is 6.15. The number of halogens is 1. The van der Waals surface area contributed by atoms with Gasteiger partial charge in [0.25, 0.3) is 0 Å². The standard InChI is InChI=1S/C13H26N2O3S.ClH/c1-9(18-2)8-19(16,17)15-13-10-4-3-5-11(13)7-12(14)6-10;/h9-13,15H,3-8,14H2,1-2H3;1H. The van der Waals surface area contributed by atoms with Crippen molar-refractivity contribution in [2.24, 2.45) is 17.6 Å². The van der Waals surface area contributed by atoms with Crippen molar-refractivity contribution in [3.05, 3.63) is 0 Å². The van der Waals surface area contributed by atoms with Crippen LogP contribution in [-0.2, 0) is 14.8 Å². The van der Waals surface area contributed by atoms with Crippen molar-refractivity contribution in [1.29, 1.82) is 0 Å². The van der Waals surface area contributed by atoms with Crippen LogP contribution < -0.4 is 10.5 Å². The molecule has 0 aromatic carbocycles. The van der Waals surface area contributed by atoms with E-state index in [1.54, 1.807) is 6.92 Å². The Morgan fingerprint density at radius 1 is 1.30 bits per heavy atom. The van der Waals surface area contributed by atoms with Crippen molar-refractivity contribution in [1.82, 2.24) is 4.72 Å². The highest BCUT2D eigenvalue weighted by Gasteiger charge is 2.41. The van der Waals surface area contributed by atoms with E-state index in [0.29, 0.717) is 11.8 Å². The summed E-state index contributed by atoms with van der Waals surface area (Å²) in [5, 5.41) is 0. The molecule has 0 aromatic heterocycles. The Labute approximate surface area is 128 Å². The first-order chi connectivity index (χ1) is 8.91. The van der Waals surface area contributed by atoms with Gasteiger partial charge in [0.1, 0.15) is 0 Å². The van der Waals surface area contributed by atoms with Gasteiger partial charge < -0.3 is 10.5 Å². The number of methoxy groups -OCH3 is 1. The number of rotatable bonds is 5. The fourth-order valence-electron chi connectivity index (χ4n) is 3.61. The molecule has 3 unspecified atom stereocenters. The highest BCUT2D eigenvalue weighted by molar-refractivity contribution is 7.89. The predicted molar refractivity (Wildman–Crippen MR) is 82.5 cm³/mol. The molecule has 0 spiro atoms. The largest absolute Gasteiger partial charge is 0.381 e. The molecule has 0 aliphatic heterocycles. The minimum atomic E-state index is -3.27. The average molecular weight is 327 g/mol. The first-order valence-corrected chi connectivity index (χ1v) is 8.85. The van der Waals surface area contributed by atoms with Gasteiger partial charge in [-0.25, -0.2) is 13.1 Å². The number of ether oxygens (including phenoxy) is 1. The Kier molecular flexibility index (Phi) is 6.73. The van der Waals surface area contributed by atoms with Crippen LogP contribution in [0.3, 0.4) is 0 Å². The number of fused-ring (bicyclic) bond motifs is 2. The second-order valence-corrected chi connectivity index (χ2v) is 7.95. The lowest BCUT2D eigenvalue weighted by atomic mass is 9.67. The summed E-state index contributed by atoms with van der Waals surface area (Å²) in [5.74, 6) is 0.858. The number of nitrogens with one attached hydrogen (secondary N) is 1. The summed E-state index contributed by atoms with van der Waals surface area (Å²) in [4.78, 5) is 0. The minimum Gasteiger partial charge on any atom is -0.381 e. The van der Waals surface area contributed by atoms with Crippen LogP contribution in [0.4, 0.5) is 0 Å². The van der Waals surface area contributed by atoms with Crippen LogP contribution in [0.1, 0.15) is 39.0 Å². The fraction of sp³-hybridized carbons (Fsp3) is 1.00. The SMILES string of the molecule is COC(C)CS(=O)(=O)NC1C2CCCC1CC(N)C2.Cl. The zero-order valence-corrected chi connectivity index (χ0v) is 13.9. The maximum Gasteiger partial charge on any atom is 0.214 e. The van der Waals surface area contributed by atoms with Crippen LogP contribution in [0.25, 0.3) is 0 Å². The summed E-state index contributed by atoms with van der Waals surface area (Å²) >= 11 is 0. The summed E-state index contributed by atoms with van der Waals surface area (Å²) < 4.78 is 32.3. The lowest BCUT2D eigenvalue weighted by Gasteiger charge is -2.45. The first-order valence-electron chi connectivity index (χ1n) is 7.19. The van der Waals surface area contributed by atoms with Crippen LogP contribution >= 0.6 is 12.4 Å². The summed E-state index contributed by atoms with van der Waals surface area (Å²) in [5.41, 5.74) is 6.06. The zero-order valence-electron chi connectivity index (χ0n) is 12.2. The van der Waals surface area contributed by atoms with Crippen LogP contribution in [-0.4, -0.2) is 39.5 Å². The van der Waals surface area contributed by atoms with Gasteiger partial charge in [0, 0.05) is 19.2 Å². The Hall–Kier alpha value is 0.120. The van der Waals surface area contributed by atoms with Gasteiger partial charge >= 0.3 is 0 Å². The molecular weight excluding hydrogens is 300 g/mol. The number of hydrogen-bond acceptors (Lipinski definition) is 4. The topological polar surface area (TPSA) is 81.4 Å². The molecule has 3 N–H and O–H groups in total. The molecule has 0 radical (unpaired) electrons. The molecule has 2 fully saturated rings. The molecule has 2 rings (SSSR count). The molecule has 2 aliphatic carbocycles. The van der Waals surface area contributed by atoms with Crippen molar-refractivity contribution in [3.63, 3.8) is 0 Å². The lowest BCUT2D eigenvalue weighted by molar-refractivity contribution is 0.122. The molecule has 3 atom stereocenters. The minimum absolute atomic E-state index is 0. The van der Waals surface area contributed by atoms with Gasteiger partial charge in [-0.05, 0) is 44.4 Å². The van der Waals surface area contributed by atoms with Gasteiger partial charge in [0.15, 0.2) is 0 Å². The third-order valence-corrected chi connectivity index (χ3v) is 6.09. The van der Waals surface area contributed by atoms with Gasteiger partial charge in [-0.1, -0.05) is 6.42 Å². The van der Waals surface area contributed by atoms with Crippen LogP contribution in [0.15, 0.2) is 0 Å². The number of hydrogen-bond donors (Lipinski definition) is 2. The Bertz CT molecular complexity index is 390. The van der Waals surface area contributed by atoms with Crippen molar-refractivity contribution < 1.29 is 13.2 Å². The highest BCUT2D eigenvalue weighted by atomic mass is 35.5. The summed E-state index contributed by atoms with van der Waals surface area (Å²) in [6, 6.07) is 0.330. The number of nitrogens with two attached hydrogens (primary N) is 1. The van der Waals surface area contributed by atoms with E-state index in [4.69, 9.17) is 10.5 Å². The van der Waals surface area contributed by atoms with Crippen LogP contribution in [0.2, 0.25) is 0 Å². The lowest BCUT2D eigenvalue weighted by Crippen LogP contribution is -2.54. The van der Waals surface area contributed by atoms with Gasteiger partial charge in [0.2, 0.25) is 10.0 Å². The molecule has 0 heterocycles. The van der Waals surface area contributed by atoms with Crippen molar-refractivity contribution in [2.75, 3.05) is 12.9 Å². The van der Waals surface area contributed by atoms with Crippen molar-refractivity contribution in [3.8, 4) is 0 Å². The third kappa shape index (κ3) is 4.56. The molecule has 120 valence electrons. The average Bonchev–Trinajstić information content (AvgIpc) is 2.29. The fourth-order valence-corrected chi connectivity index (χ4v) is 5.26. The van der Waals surface area contributed by atoms with Crippen molar-refractivity contribution >= 4 is 22.4 Å². The molecule has 2 aliphatic rings. The Morgan fingerprint density at radius 3 is 2.35 bits per heavy atom. The molecule has 5 nitrogen and oxygen atoms in total. The molecular formula is C13H27ClN2O3S. The van der Waals surface area contributed by atoms with E-state index in [-0.39, 0.29) is 36.3 Å². The van der Waals surface area contributed by atoms with E-state index in [1.165, 1.54) is 13.5 Å². The van der Waals surface area contributed by atoms with Gasteiger partial charge in [-0.2, -0.15) is 0 Å². The monoisotopic (exact) mass is 326 g/mol. The first kappa shape index (κ1) is 18.2. The molecule has 20 heavy (non-hydrogen) atoms. The van der Waals surface area contributed by atoms with E-state index in [2.05, 4.69) is 4.72 Å². The molecule has 0 aromatic rings. The molecule has 0 saturated heterocycles. The summed E-state index contributed by atoms with van der Waals surface area (Å²) in [6.45, 7) is 1.77. The molecule has 2 bridgehead atoms. The van der Waals surface area contributed by atoms with Gasteiger partial charge in [-0.15, -0.1) is 12.4 Å². The maximum atomic E-state index is 12.2. The maximum absolute atomic E-state index is 12.2. The van der Waals surface area contributed by atoms with Crippen LogP contribution in [0.5, 0.6) is 0 Å². The Morgan fingerprint density at radius 2 is 1.85 bits per heavy atom. The van der Waals surface area contributed by atoms with E-state index in [9.17, 15) is 8.42 Å². The molecule has 2 saturated carbocycles. The highest BCUT2D eigenvalue weighted by Crippen LogP contribution is 2.39. The summed E-state index contributed by atoms with van der Waals surface area (Å²) in [6.07, 6.45) is 5.01.